The van der Waals surface area contributed by atoms with E-state index in [1.807, 2.05) is 19.9 Å². The molecule has 2 amide bonds. The number of anilines is 1. The molecule has 0 bridgehead atoms. The molecule has 0 aromatic heterocycles. The van der Waals surface area contributed by atoms with Crippen molar-refractivity contribution in [3.63, 3.8) is 0 Å². The van der Waals surface area contributed by atoms with Gasteiger partial charge in [0.25, 0.3) is 10.0 Å². The molecular weight excluding hydrogens is 578 g/mol. The molecule has 1 N–H and O–H groups in total. The molecule has 3 rings (SSSR count). The number of amides is 2. The van der Waals surface area contributed by atoms with Crippen LogP contribution in [0.15, 0.2) is 77.7 Å². The summed E-state index contributed by atoms with van der Waals surface area (Å²) in [6.07, 6.45) is 0.712. The van der Waals surface area contributed by atoms with Gasteiger partial charge in [-0.2, -0.15) is 0 Å². The van der Waals surface area contributed by atoms with Crippen molar-refractivity contribution >= 4 is 39.1 Å². The highest BCUT2D eigenvalue weighted by Crippen LogP contribution is 2.33. The second kappa shape index (κ2) is 14.9. The molecule has 42 heavy (non-hydrogen) atoms. The molecule has 11 heteroatoms. The summed E-state index contributed by atoms with van der Waals surface area (Å²) in [7, 11) is -2.72. The molecule has 0 aliphatic heterocycles. The van der Waals surface area contributed by atoms with E-state index in [4.69, 9.17) is 21.1 Å². The van der Waals surface area contributed by atoms with Crippen LogP contribution in [-0.4, -0.2) is 57.5 Å². The lowest BCUT2D eigenvalue weighted by molar-refractivity contribution is -0.139. The Hall–Kier alpha value is -3.76. The van der Waals surface area contributed by atoms with Gasteiger partial charge in [0.15, 0.2) is 0 Å². The second-order valence-corrected chi connectivity index (χ2v) is 12.0. The highest BCUT2D eigenvalue weighted by molar-refractivity contribution is 7.92. The quantitative estimate of drug-likeness (QED) is 0.265. The SMILES string of the molecule is CCOc1ccccc1N(CC(=O)N(Cc1cccc(OC)c1)[C@@H](C)C(=O)N[C@H](C)CC)S(=O)(=O)c1ccc(Cl)cc1. The fraction of sp³-hybridized carbons (Fsp3) is 0.355. The molecule has 0 fully saturated rings. The van der Waals surface area contributed by atoms with Crippen LogP contribution >= 0.6 is 11.6 Å². The summed E-state index contributed by atoms with van der Waals surface area (Å²) in [6.45, 7) is 6.99. The smallest absolute Gasteiger partial charge is 0.264 e. The average Bonchev–Trinajstić information content (AvgIpc) is 2.98. The van der Waals surface area contributed by atoms with E-state index in [-0.39, 0.29) is 35.7 Å². The number of ether oxygens (including phenoxy) is 2. The molecule has 0 aliphatic carbocycles. The number of nitrogens with zero attached hydrogens (tertiary/aromatic N) is 2. The molecule has 0 heterocycles. The van der Waals surface area contributed by atoms with Crippen LogP contribution in [0.1, 0.15) is 39.7 Å². The van der Waals surface area contributed by atoms with Gasteiger partial charge in [0.05, 0.1) is 24.3 Å². The summed E-state index contributed by atoms with van der Waals surface area (Å²) >= 11 is 6.02. The van der Waals surface area contributed by atoms with Gasteiger partial charge in [-0.3, -0.25) is 13.9 Å². The summed E-state index contributed by atoms with van der Waals surface area (Å²) in [4.78, 5) is 28.7. The van der Waals surface area contributed by atoms with Gasteiger partial charge in [0.2, 0.25) is 11.8 Å². The van der Waals surface area contributed by atoms with E-state index in [0.29, 0.717) is 28.5 Å². The third-order valence-corrected chi connectivity index (χ3v) is 8.80. The first-order valence-corrected chi connectivity index (χ1v) is 15.6. The fourth-order valence-corrected chi connectivity index (χ4v) is 5.75. The Balaban J connectivity index is 2.08. The van der Waals surface area contributed by atoms with E-state index >= 15 is 0 Å². The van der Waals surface area contributed by atoms with Crippen LogP contribution < -0.4 is 19.1 Å². The summed E-state index contributed by atoms with van der Waals surface area (Å²) in [6, 6.07) is 18.5. The molecule has 9 nitrogen and oxygen atoms in total. The number of methoxy groups -OCH3 is 1. The van der Waals surface area contributed by atoms with Crippen molar-refractivity contribution < 1.29 is 27.5 Å². The maximum atomic E-state index is 14.1. The van der Waals surface area contributed by atoms with Crippen LogP contribution in [0.4, 0.5) is 5.69 Å². The number of para-hydroxylation sites is 2. The summed E-state index contributed by atoms with van der Waals surface area (Å²) < 4.78 is 40.2. The van der Waals surface area contributed by atoms with Gasteiger partial charge in [-0.15, -0.1) is 0 Å². The molecule has 0 saturated carbocycles. The zero-order valence-electron chi connectivity index (χ0n) is 24.5. The number of hydrogen-bond donors (Lipinski definition) is 1. The van der Waals surface area contributed by atoms with E-state index in [0.717, 1.165) is 4.31 Å². The van der Waals surface area contributed by atoms with Crippen molar-refractivity contribution in [2.45, 2.75) is 57.6 Å². The molecule has 226 valence electrons. The van der Waals surface area contributed by atoms with Crippen molar-refractivity contribution in [2.75, 3.05) is 24.6 Å². The van der Waals surface area contributed by atoms with Crippen LogP contribution in [0, 0.1) is 0 Å². The third-order valence-electron chi connectivity index (χ3n) is 6.77. The number of nitrogens with one attached hydrogen (secondary N) is 1. The van der Waals surface area contributed by atoms with E-state index in [2.05, 4.69) is 5.32 Å². The first kappa shape index (κ1) is 32.8. The average molecular weight is 616 g/mol. The van der Waals surface area contributed by atoms with Gasteiger partial charge < -0.3 is 19.7 Å². The molecular formula is C31H38ClN3O6S. The minimum atomic E-state index is -4.27. The third kappa shape index (κ3) is 8.17. The number of carbonyl (C=O) groups excluding carboxylic acids is 2. The lowest BCUT2D eigenvalue weighted by Crippen LogP contribution is -2.52. The Bertz CT molecular complexity index is 1470. The molecule has 3 aromatic rings. The van der Waals surface area contributed by atoms with Gasteiger partial charge in [0.1, 0.15) is 24.1 Å². The number of carbonyl (C=O) groups is 2. The Morgan fingerprint density at radius 2 is 1.67 bits per heavy atom. The first-order chi connectivity index (χ1) is 20.0. The van der Waals surface area contributed by atoms with Crippen LogP contribution in [-0.2, 0) is 26.2 Å². The van der Waals surface area contributed by atoms with Crippen molar-refractivity contribution in [1.29, 1.82) is 0 Å². The minimum Gasteiger partial charge on any atom is -0.497 e. The Labute approximate surface area is 253 Å². The molecule has 2 atom stereocenters. The van der Waals surface area contributed by atoms with E-state index in [1.165, 1.54) is 29.2 Å². The minimum absolute atomic E-state index is 0.0482. The van der Waals surface area contributed by atoms with Gasteiger partial charge in [-0.1, -0.05) is 42.8 Å². The van der Waals surface area contributed by atoms with E-state index in [1.54, 1.807) is 63.4 Å². The van der Waals surface area contributed by atoms with Gasteiger partial charge in [0, 0.05) is 17.6 Å². The maximum absolute atomic E-state index is 14.1. The highest BCUT2D eigenvalue weighted by Gasteiger charge is 2.34. The zero-order chi connectivity index (χ0) is 30.9. The Morgan fingerprint density at radius 3 is 2.31 bits per heavy atom. The number of benzene rings is 3. The maximum Gasteiger partial charge on any atom is 0.264 e. The largest absolute Gasteiger partial charge is 0.497 e. The lowest BCUT2D eigenvalue weighted by atomic mass is 10.1. The highest BCUT2D eigenvalue weighted by atomic mass is 35.5. The molecule has 0 radical (unpaired) electrons. The van der Waals surface area contributed by atoms with Crippen molar-refractivity contribution in [3.05, 3.63) is 83.4 Å². The molecule has 0 spiro atoms. The fourth-order valence-electron chi connectivity index (χ4n) is 4.20. The van der Waals surface area contributed by atoms with Crippen LogP contribution in [0.25, 0.3) is 0 Å². The van der Waals surface area contributed by atoms with Crippen molar-refractivity contribution in [2.24, 2.45) is 0 Å². The van der Waals surface area contributed by atoms with E-state index < -0.39 is 28.5 Å². The predicted molar refractivity (Wildman–Crippen MR) is 164 cm³/mol. The van der Waals surface area contributed by atoms with E-state index in [9.17, 15) is 18.0 Å². The summed E-state index contributed by atoms with van der Waals surface area (Å²) in [5.41, 5.74) is 0.911. The second-order valence-electron chi connectivity index (χ2n) is 9.73. The number of sulfonamides is 1. The van der Waals surface area contributed by atoms with Crippen molar-refractivity contribution in [3.8, 4) is 11.5 Å². The zero-order valence-corrected chi connectivity index (χ0v) is 26.1. The number of halogens is 1. The summed E-state index contributed by atoms with van der Waals surface area (Å²) in [5, 5.41) is 3.30. The topological polar surface area (TPSA) is 105 Å². The van der Waals surface area contributed by atoms with Gasteiger partial charge in [-0.25, -0.2) is 8.42 Å². The Kier molecular flexibility index (Phi) is 11.6. The number of rotatable bonds is 14. The van der Waals surface area contributed by atoms with Crippen LogP contribution in [0.3, 0.4) is 0 Å². The standard InChI is InChI=1S/C31H38ClN3O6S/c1-6-22(3)33-31(37)23(4)34(20-24-11-10-12-26(19-24)40-5)30(36)21-35(28-13-8-9-14-29(28)41-7-2)42(38,39)27-17-15-25(32)16-18-27/h8-19,22-23H,6-7,20-21H2,1-5H3,(H,33,37)/t22-,23+/m1/s1. The van der Waals surface area contributed by atoms with Gasteiger partial charge >= 0.3 is 0 Å². The molecule has 3 aromatic carbocycles. The summed E-state index contributed by atoms with van der Waals surface area (Å²) in [5.74, 6) is -0.0303. The Morgan fingerprint density at radius 1 is 0.976 bits per heavy atom. The van der Waals surface area contributed by atoms with Crippen molar-refractivity contribution in [1.82, 2.24) is 10.2 Å². The number of hydrogen-bond acceptors (Lipinski definition) is 6. The normalized spacial score (nSPS) is 12.6. The molecule has 0 aliphatic rings. The lowest BCUT2D eigenvalue weighted by Gasteiger charge is -2.33. The van der Waals surface area contributed by atoms with Crippen LogP contribution in [0.2, 0.25) is 5.02 Å². The predicted octanol–water partition coefficient (Wildman–Crippen LogP) is 5.27. The first-order valence-electron chi connectivity index (χ1n) is 13.7. The monoisotopic (exact) mass is 615 g/mol. The van der Waals surface area contributed by atoms with Gasteiger partial charge in [-0.05, 0) is 81.3 Å². The van der Waals surface area contributed by atoms with Crippen LogP contribution in [0.5, 0.6) is 11.5 Å². The molecule has 0 unspecified atom stereocenters. The molecule has 0 saturated heterocycles.